The Kier molecular flexibility index (Phi) is 6.34. The average Bonchev–Trinajstić information content (AvgIpc) is 3.34. The van der Waals surface area contributed by atoms with E-state index in [1.807, 2.05) is 19.2 Å². The van der Waals surface area contributed by atoms with Gasteiger partial charge in [-0.05, 0) is 37.2 Å². The molecular formula is C21H33N3O3. The molecule has 1 aromatic rings. The van der Waals surface area contributed by atoms with Gasteiger partial charge in [0.15, 0.2) is 17.5 Å². The van der Waals surface area contributed by atoms with Crippen molar-refractivity contribution in [3.05, 3.63) is 17.7 Å². The molecule has 27 heavy (non-hydrogen) atoms. The quantitative estimate of drug-likeness (QED) is 0.612. The topological polar surface area (TPSA) is 55.3 Å². The minimum Gasteiger partial charge on any atom is -0.493 e. The summed E-state index contributed by atoms with van der Waals surface area (Å²) in [7, 11) is 6.81. The number of aliphatic imine (C=N–C) groups is 1. The molecule has 1 heterocycles. The number of nitrogens with one attached hydrogen (secondary N) is 1. The third-order valence-corrected chi connectivity index (χ3v) is 6.08. The number of hydrogen-bond acceptors (Lipinski definition) is 4. The van der Waals surface area contributed by atoms with Crippen LogP contribution in [0.15, 0.2) is 17.1 Å². The summed E-state index contributed by atoms with van der Waals surface area (Å²) in [5.41, 5.74) is 1.64. The normalized spacial score (nSPS) is 18.8. The van der Waals surface area contributed by atoms with Crippen LogP contribution in [0.3, 0.4) is 0 Å². The number of methoxy groups -OCH3 is 3. The molecule has 1 spiro atoms. The summed E-state index contributed by atoms with van der Waals surface area (Å²) in [4.78, 5) is 6.94. The molecule has 3 rings (SSSR count). The molecule has 1 aliphatic heterocycles. The van der Waals surface area contributed by atoms with Gasteiger partial charge in [0, 0.05) is 32.2 Å². The van der Waals surface area contributed by atoms with Crippen LogP contribution in [-0.4, -0.2) is 58.9 Å². The van der Waals surface area contributed by atoms with Gasteiger partial charge in [0.1, 0.15) is 0 Å². The molecule has 1 saturated heterocycles. The number of likely N-dealkylation sites (tertiary alicyclic amines) is 1. The molecular weight excluding hydrogens is 342 g/mol. The first-order valence-electron chi connectivity index (χ1n) is 9.90. The van der Waals surface area contributed by atoms with Gasteiger partial charge in [0.2, 0.25) is 5.75 Å². The van der Waals surface area contributed by atoms with E-state index >= 15 is 0 Å². The predicted molar refractivity (Wildman–Crippen MR) is 108 cm³/mol. The Bertz CT molecular complexity index is 669. The Morgan fingerprint density at radius 1 is 1.07 bits per heavy atom. The number of rotatable bonds is 6. The van der Waals surface area contributed by atoms with Gasteiger partial charge in [-0.3, -0.25) is 4.99 Å². The fourth-order valence-corrected chi connectivity index (χ4v) is 4.65. The molecule has 2 aliphatic rings. The molecule has 2 fully saturated rings. The summed E-state index contributed by atoms with van der Waals surface area (Å²) in [5.74, 6) is 3.07. The van der Waals surface area contributed by atoms with Crippen molar-refractivity contribution in [3.63, 3.8) is 0 Å². The molecule has 1 N–H and O–H groups in total. The summed E-state index contributed by atoms with van der Waals surface area (Å²) in [6.45, 7) is 3.05. The Labute approximate surface area is 162 Å². The molecule has 0 aromatic heterocycles. The highest BCUT2D eigenvalue weighted by Crippen LogP contribution is 2.45. The van der Waals surface area contributed by atoms with Crippen LogP contribution in [-0.2, 0) is 6.42 Å². The zero-order valence-corrected chi connectivity index (χ0v) is 17.1. The minimum atomic E-state index is 0.546. The molecule has 0 atom stereocenters. The van der Waals surface area contributed by atoms with Gasteiger partial charge in [0.25, 0.3) is 0 Å². The van der Waals surface area contributed by atoms with Gasteiger partial charge in [-0.1, -0.05) is 18.9 Å². The minimum absolute atomic E-state index is 0.546. The maximum Gasteiger partial charge on any atom is 0.203 e. The van der Waals surface area contributed by atoms with E-state index in [9.17, 15) is 0 Å². The lowest BCUT2D eigenvalue weighted by atomic mass is 9.86. The second-order valence-electron chi connectivity index (χ2n) is 7.60. The summed E-state index contributed by atoms with van der Waals surface area (Å²) < 4.78 is 16.4. The smallest absolute Gasteiger partial charge is 0.203 e. The highest BCUT2D eigenvalue weighted by molar-refractivity contribution is 5.80. The van der Waals surface area contributed by atoms with E-state index in [-0.39, 0.29) is 0 Å². The molecule has 1 aliphatic carbocycles. The molecule has 0 radical (unpaired) electrons. The number of benzene rings is 1. The summed E-state index contributed by atoms with van der Waals surface area (Å²) >= 11 is 0. The second-order valence-corrected chi connectivity index (χ2v) is 7.60. The molecule has 0 amide bonds. The van der Waals surface area contributed by atoms with Crippen LogP contribution in [0.5, 0.6) is 17.2 Å². The fraction of sp³-hybridized carbons (Fsp3) is 0.667. The number of hydrogen-bond donors (Lipinski definition) is 1. The van der Waals surface area contributed by atoms with Crippen molar-refractivity contribution in [1.29, 1.82) is 0 Å². The first-order valence-corrected chi connectivity index (χ1v) is 9.90. The Morgan fingerprint density at radius 2 is 1.81 bits per heavy atom. The molecule has 1 aromatic carbocycles. The van der Waals surface area contributed by atoms with Crippen LogP contribution in [0.1, 0.15) is 37.7 Å². The van der Waals surface area contributed by atoms with Crippen molar-refractivity contribution in [2.45, 2.75) is 38.5 Å². The van der Waals surface area contributed by atoms with Crippen LogP contribution in [0.2, 0.25) is 0 Å². The van der Waals surface area contributed by atoms with E-state index in [2.05, 4.69) is 15.2 Å². The van der Waals surface area contributed by atoms with Crippen molar-refractivity contribution in [2.24, 2.45) is 10.4 Å². The molecule has 150 valence electrons. The molecule has 6 heteroatoms. The monoisotopic (exact) mass is 375 g/mol. The number of nitrogens with zero attached hydrogens (tertiary/aromatic N) is 2. The highest BCUT2D eigenvalue weighted by Gasteiger charge is 2.41. The lowest BCUT2D eigenvalue weighted by Crippen LogP contribution is -2.41. The third-order valence-electron chi connectivity index (χ3n) is 6.08. The van der Waals surface area contributed by atoms with Gasteiger partial charge in [0.05, 0.1) is 21.3 Å². The Balaban J connectivity index is 1.60. The first kappa shape index (κ1) is 19.6. The fourth-order valence-electron chi connectivity index (χ4n) is 4.65. The van der Waals surface area contributed by atoms with E-state index in [0.717, 1.165) is 43.3 Å². The van der Waals surface area contributed by atoms with E-state index < -0.39 is 0 Å². The standard InChI is InChI=1S/C21H33N3O3/c1-22-20(24-14-12-21(15-24)10-5-6-11-21)23-13-9-16-7-8-17(25-2)19(27-4)18(16)26-3/h7-8H,5-6,9-15H2,1-4H3,(H,22,23). The van der Waals surface area contributed by atoms with E-state index in [1.165, 1.54) is 32.1 Å². The van der Waals surface area contributed by atoms with Crippen molar-refractivity contribution in [1.82, 2.24) is 10.2 Å². The van der Waals surface area contributed by atoms with E-state index in [1.54, 1.807) is 21.3 Å². The average molecular weight is 376 g/mol. The van der Waals surface area contributed by atoms with Crippen LogP contribution in [0.4, 0.5) is 0 Å². The SMILES string of the molecule is CN=C(NCCc1ccc(OC)c(OC)c1OC)N1CCC2(CCCC2)C1. The van der Waals surface area contributed by atoms with E-state index in [0.29, 0.717) is 16.9 Å². The maximum absolute atomic E-state index is 5.58. The molecule has 0 unspecified atom stereocenters. The molecule has 6 nitrogen and oxygen atoms in total. The van der Waals surface area contributed by atoms with Gasteiger partial charge >= 0.3 is 0 Å². The van der Waals surface area contributed by atoms with Gasteiger partial charge < -0.3 is 24.4 Å². The largest absolute Gasteiger partial charge is 0.493 e. The second kappa shape index (κ2) is 8.72. The Morgan fingerprint density at radius 3 is 2.44 bits per heavy atom. The molecule has 0 bridgehead atoms. The zero-order chi connectivity index (χ0) is 19.3. The van der Waals surface area contributed by atoms with Crippen molar-refractivity contribution >= 4 is 5.96 Å². The maximum atomic E-state index is 5.58. The van der Waals surface area contributed by atoms with Crippen LogP contribution < -0.4 is 19.5 Å². The van der Waals surface area contributed by atoms with Gasteiger partial charge in [-0.2, -0.15) is 0 Å². The van der Waals surface area contributed by atoms with Gasteiger partial charge in [-0.25, -0.2) is 0 Å². The summed E-state index contributed by atoms with van der Waals surface area (Å²) in [5, 5.41) is 3.53. The van der Waals surface area contributed by atoms with Crippen molar-refractivity contribution in [3.8, 4) is 17.2 Å². The third kappa shape index (κ3) is 4.09. The van der Waals surface area contributed by atoms with Crippen molar-refractivity contribution < 1.29 is 14.2 Å². The van der Waals surface area contributed by atoms with Crippen LogP contribution in [0, 0.1) is 5.41 Å². The lowest BCUT2D eigenvalue weighted by Gasteiger charge is -2.26. The van der Waals surface area contributed by atoms with E-state index in [4.69, 9.17) is 14.2 Å². The highest BCUT2D eigenvalue weighted by atomic mass is 16.5. The predicted octanol–water partition coefficient (Wildman–Crippen LogP) is 3.10. The summed E-state index contributed by atoms with van der Waals surface area (Å²) in [6.07, 6.45) is 7.66. The number of guanidine groups is 1. The van der Waals surface area contributed by atoms with Gasteiger partial charge in [-0.15, -0.1) is 0 Å². The van der Waals surface area contributed by atoms with Crippen LogP contribution in [0.25, 0.3) is 0 Å². The number of ether oxygens (including phenoxy) is 3. The van der Waals surface area contributed by atoms with Crippen LogP contribution >= 0.6 is 0 Å². The Hall–Kier alpha value is -2.11. The first-order chi connectivity index (χ1) is 13.2. The molecule has 1 saturated carbocycles. The zero-order valence-electron chi connectivity index (χ0n) is 17.1. The lowest BCUT2D eigenvalue weighted by molar-refractivity contribution is 0.309. The van der Waals surface area contributed by atoms with Crippen molar-refractivity contribution in [2.75, 3.05) is 48.0 Å². The summed E-state index contributed by atoms with van der Waals surface area (Å²) in [6, 6.07) is 3.96.